The first-order chi connectivity index (χ1) is 21.0. The fourth-order valence-electron chi connectivity index (χ4n) is 6.06. The molecule has 1 saturated heterocycles. The van der Waals surface area contributed by atoms with Crippen molar-refractivity contribution in [1.29, 1.82) is 0 Å². The number of aromatic hydroxyl groups is 1. The molecule has 0 spiro atoms. The summed E-state index contributed by atoms with van der Waals surface area (Å²) in [5.41, 5.74) is 0.543. The van der Waals surface area contributed by atoms with E-state index in [0.29, 0.717) is 41.5 Å². The standard InChI is InChI=1S/C32H45N3O4S.CH4O3S/c1-21-25(15-10-16-28(21)36)30(38)33-26(20-40-24-13-6-5-7-14-24)29(37)19-35-18-23-12-9-8-11-22(23)17-27(35)31(39)34-32(2,3)4;1-5(2,3)4/h5-7,10,13-16,22-23,26-27,29,36-37H,8-9,11-12,17-20H2,1-4H3,(H,33,38)(H,34,39);1H3,(H,2,3,4)/t22-,23?,26-,27-,29+;/m0./s1. The molecule has 0 bridgehead atoms. The number of aliphatic hydroxyl groups is 1. The van der Waals surface area contributed by atoms with Crippen molar-refractivity contribution >= 4 is 33.7 Å². The van der Waals surface area contributed by atoms with Crippen molar-refractivity contribution in [3.8, 4) is 5.75 Å². The normalized spacial score (nSPS) is 21.8. The van der Waals surface area contributed by atoms with Crippen molar-refractivity contribution in [2.24, 2.45) is 11.8 Å². The number of amides is 2. The topological polar surface area (TPSA) is 156 Å². The van der Waals surface area contributed by atoms with E-state index in [1.807, 2.05) is 51.1 Å². The molecule has 250 valence electrons. The lowest BCUT2D eigenvalue weighted by Gasteiger charge is -2.47. The summed E-state index contributed by atoms with van der Waals surface area (Å²) in [6, 6.07) is 13.9. The van der Waals surface area contributed by atoms with Gasteiger partial charge in [-0.25, -0.2) is 0 Å². The van der Waals surface area contributed by atoms with Gasteiger partial charge < -0.3 is 20.8 Å². The van der Waals surface area contributed by atoms with Gasteiger partial charge in [0.15, 0.2) is 0 Å². The minimum Gasteiger partial charge on any atom is -0.508 e. The van der Waals surface area contributed by atoms with Gasteiger partial charge in [-0.1, -0.05) is 43.5 Å². The maximum Gasteiger partial charge on any atom is 0.261 e. The molecule has 2 aromatic carbocycles. The van der Waals surface area contributed by atoms with E-state index in [-0.39, 0.29) is 29.1 Å². The number of carbonyl (C=O) groups is 2. The highest BCUT2D eigenvalue weighted by molar-refractivity contribution is 7.99. The number of piperidine rings is 1. The van der Waals surface area contributed by atoms with Crippen molar-refractivity contribution in [3.63, 3.8) is 0 Å². The van der Waals surface area contributed by atoms with E-state index >= 15 is 0 Å². The van der Waals surface area contributed by atoms with Crippen LogP contribution in [-0.4, -0.2) is 88.7 Å². The van der Waals surface area contributed by atoms with Gasteiger partial charge in [0.1, 0.15) is 5.75 Å². The van der Waals surface area contributed by atoms with Crippen LogP contribution in [0.4, 0.5) is 0 Å². The summed E-state index contributed by atoms with van der Waals surface area (Å²) in [7, 11) is -3.67. The lowest BCUT2D eigenvalue weighted by molar-refractivity contribution is -0.132. The van der Waals surface area contributed by atoms with Crippen molar-refractivity contribution in [2.75, 3.05) is 25.1 Å². The first kappa shape index (κ1) is 36.8. The molecule has 0 radical (unpaired) electrons. The summed E-state index contributed by atoms with van der Waals surface area (Å²) in [4.78, 5) is 30.0. The molecule has 45 heavy (non-hydrogen) atoms. The molecule has 1 saturated carbocycles. The molecule has 2 fully saturated rings. The van der Waals surface area contributed by atoms with Gasteiger partial charge in [-0.2, -0.15) is 8.42 Å². The highest BCUT2D eigenvalue weighted by atomic mass is 32.2. The SMILES string of the molecule is CS(=O)(=O)O.Cc1c(O)cccc1C(=O)N[C@@H](CSc1ccccc1)[C@H](O)CN1CC2CCCC[C@H]2C[C@H]1C(=O)NC(C)(C)C. The molecule has 1 heterocycles. The number of nitrogens with one attached hydrogen (secondary N) is 2. The van der Waals surface area contributed by atoms with Gasteiger partial charge in [0.25, 0.3) is 16.0 Å². The number of aliphatic hydroxyl groups excluding tert-OH is 1. The van der Waals surface area contributed by atoms with Gasteiger partial charge in [0.05, 0.1) is 24.4 Å². The number of likely N-dealkylation sites (tertiary alicyclic amines) is 1. The molecule has 5 atom stereocenters. The molecule has 5 N–H and O–H groups in total. The highest BCUT2D eigenvalue weighted by Gasteiger charge is 2.41. The third-order valence-electron chi connectivity index (χ3n) is 8.23. The smallest absolute Gasteiger partial charge is 0.261 e. The number of hydrogen-bond acceptors (Lipinski definition) is 8. The zero-order chi connectivity index (χ0) is 33.4. The van der Waals surface area contributed by atoms with Crippen LogP contribution in [0.2, 0.25) is 0 Å². The second-order valence-electron chi connectivity index (χ2n) is 13.2. The Kier molecular flexibility index (Phi) is 13.3. The number of rotatable bonds is 9. The second kappa shape index (κ2) is 16.3. The van der Waals surface area contributed by atoms with Gasteiger partial charge in [-0.15, -0.1) is 11.8 Å². The number of carbonyl (C=O) groups excluding carboxylic acids is 2. The molecule has 0 aromatic heterocycles. The minimum atomic E-state index is -3.67. The number of hydrogen-bond donors (Lipinski definition) is 5. The molecule has 2 aliphatic rings. The zero-order valence-electron chi connectivity index (χ0n) is 26.9. The van der Waals surface area contributed by atoms with E-state index in [2.05, 4.69) is 15.5 Å². The van der Waals surface area contributed by atoms with Crippen LogP contribution in [-0.2, 0) is 14.9 Å². The Bertz CT molecular complexity index is 1370. The molecule has 2 amide bonds. The maximum atomic E-state index is 13.5. The Morgan fingerprint density at radius 1 is 1.04 bits per heavy atom. The third-order valence-corrected chi connectivity index (χ3v) is 9.36. The second-order valence-corrected chi connectivity index (χ2v) is 15.8. The van der Waals surface area contributed by atoms with Gasteiger partial charge in [0, 0.05) is 40.4 Å². The van der Waals surface area contributed by atoms with Crippen LogP contribution in [0.15, 0.2) is 53.4 Å². The Labute approximate surface area is 272 Å². The lowest BCUT2D eigenvalue weighted by atomic mass is 9.72. The molecule has 2 aromatic rings. The Balaban J connectivity index is 0.00000102. The summed E-state index contributed by atoms with van der Waals surface area (Å²) >= 11 is 1.57. The number of β-amino-alcohol motifs (C(OH)–C–C–N with tert-alkyl or cyclic N) is 1. The van der Waals surface area contributed by atoms with Crippen molar-refractivity contribution < 1.29 is 32.8 Å². The molecule has 10 nitrogen and oxygen atoms in total. The number of phenolic OH excluding ortho intramolecular Hbond substituents is 1. The van der Waals surface area contributed by atoms with Crippen molar-refractivity contribution in [2.45, 2.75) is 88.4 Å². The van der Waals surface area contributed by atoms with Crippen LogP contribution < -0.4 is 10.6 Å². The summed E-state index contributed by atoms with van der Waals surface area (Å²) in [6.45, 7) is 8.76. The predicted octanol–water partition coefficient (Wildman–Crippen LogP) is 4.25. The van der Waals surface area contributed by atoms with Crippen LogP contribution in [0.25, 0.3) is 0 Å². The number of thioether (sulfide) groups is 1. The van der Waals surface area contributed by atoms with Crippen LogP contribution in [0.3, 0.4) is 0 Å². The Morgan fingerprint density at radius 3 is 2.29 bits per heavy atom. The monoisotopic (exact) mass is 663 g/mol. The lowest BCUT2D eigenvalue weighted by Crippen LogP contribution is -2.60. The van der Waals surface area contributed by atoms with E-state index < -0.39 is 22.3 Å². The highest BCUT2D eigenvalue weighted by Crippen LogP contribution is 2.39. The number of benzene rings is 2. The van der Waals surface area contributed by atoms with E-state index in [1.54, 1.807) is 36.9 Å². The quantitative estimate of drug-likeness (QED) is 0.196. The molecule has 4 rings (SSSR count). The van der Waals surface area contributed by atoms with Crippen molar-refractivity contribution in [1.82, 2.24) is 15.5 Å². The van der Waals surface area contributed by atoms with E-state index in [0.717, 1.165) is 30.7 Å². The van der Waals surface area contributed by atoms with Gasteiger partial charge >= 0.3 is 0 Å². The molecular formula is C33H49N3O7S2. The maximum absolute atomic E-state index is 13.5. The summed E-state index contributed by atoms with van der Waals surface area (Å²) in [6.07, 6.45) is 5.39. The van der Waals surface area contributed by atoms with E-state index in [9.17, 15) is 28.2 Å². The Morgan fingerprint density at radius 2 is 1.67 bits per heavy atom. The summed E-state index contributed by atoms with van der Waals surface area (Å²) < 4.78 is 25.9. The van der Waals surface area contributed by atoms with Crippen LogP contribution >= 0.6 is 11.8 Å². The number of nitrogens with zero attached hydrogens (tertiary/aromatic N) is 1. The first-order valence-corrected chi connectivity index (χ1v) is 18.3. The van der Waals surface area contributed by atoms with E-state index in [4.69, 9.17) is 4.55 Å². The number of fused-ring (bicyclic) bond motifs is 1. The molecule has 12 heteroatoms. The average Bonchev–Trinajstić information content (AvgIpc) is 2.95. The first-order valence-electron chi connectivity index (χ1n) is 15.5. The molecule has 1 aliphatic heterocycles. The van der Waals surface area contributed by atoms with Gasteiger partial charge in [-0.3, -0.25) is 19.0 Å². The van der Waals surface area contributed by atoms with Crippen molar-refractivity contribution in [3.05, 3.63) is 59.7 Å². The largest absolute Gasteiger partial charge is 0.508 e. The van der Waals surface area contributed by atoms with Gasteiger partial charge in [-0.05, 0) is 76.6 Å². The van der Waals surface area contributed by atoms with Gasteiger partial charge in [0.2, 0.25) is 5.91 Å². The average molecular weight is 664 g/mol. The molecular weight excluding hydrogens is 615 g/mol. The minimum absolute atomic E-state index is 0.0124. The summed E-state index contributed by atoms with van der Waals surface area (Å²) in [5, 5.41) is 28.0. The van der Waals surface area contributed by atoms with Crippen LogP contribution in [0.1, 0.15) is 68.8 Å². The fraction of sp³-hybridized carbons (Fsp3) is 0.576. The molecule has 1 unspecified atom stereocenters. The van der Waals surface area contributed by atoms with Crippen LogP contribution in [0.5, 0.6) is 5.75 Å². The fourth-order valence-corrected chi connectivity index (χ4v) is 7.09. The number of phenols is 1. The van der Waals surface area contributed by atoms with E-state index in [1.165, 1.54) is 12.8 Å². The molecule has 1 aliphatic carbocycles. The zero-order valence-corrected chi connectivity index (χ0v) is 28.5. The summed E-state index contributed by atoms with van der Waals surface area (Å²) in [5.74, 6) is 1.27. The third kappa shape index (κ3) is 12.2. The van der Waals surface area contributed by atoms with Crippen LogP contribution in [0, 0.1) is 18.8 Å². The predicted molar refractivity (Wildman–Crippen MR) is 178 cm³/mol. The Hall–Kier alpha value is -2.64.